The van der Waals surface area contributed by atoms with Gasteiger partial charge in [0.05, 0.1) is 12.7 Å². The van der Waals surface area contributed by atoms with Gasteiger partial charge in [0.2, 0.25) is 0 Å². The number of rotatable bonds is 5. The first-order valence-corrected chi connectivity index (χ1v) is 6.95. The van der Waals surface area contributed by atoms with Crippen LogP contribution in [0.5, 0.6) is 5.75 Å². The fraction of sp³-hybridized carbons (Fsp3) is 0.571. The highest BCUT2D eigenvalue weighted by Crippen LogP contribution is 2.33. The Kier molecular flexibility index (Phi) is 3.46. The fourth-order valence-corrected chi connectivity index (χ4v) is 2.68. The quantitative estimate of drug-likeness (QED) is 0.857. The molecule has 1 aliphatic carbocycles. The third-order valence-corrected chi connectivity index (χ3v) is 3.72. The number of aliphatic hydroxyl groups excluding tert-OH is 1. The number of hydrogen-bond donors (Lipinski definition) is 2. The highest BCUT2D eigenvalue weighted by molar-refractivity contribution is 6.30. The number of hydrogen-bond acceptors (Lipinski definition) is 3. The van der Waals surface area contributed by atoms with E-state index in [4.69, 9.17) is 16.3 Å². The van der Waals surface area contributed by atoms with Crippen molar-refractivity contribution in [3.8, 4) is 5.75 Å². The fourth-order valence-electron chi connectivity index (χ4n) is 2.41. The van der Waals surface area contributed by atoms with Gasteiger partial charge in [0.1, 0.15) is 5.75 Å². The van der Waals surface area contributed by atoms with Gasteiger partial charge in [-0.1, -0.05) is 11.6 Å². The minimum Gasteiger partial charge on any atom is -0.493 e. The molecule has 3 rings (SSSR count). The van der Waals surface area contributed by atoms with Crippen LogP contribution in [-0.4, -0.2) is 30.4 Å². The molecule has 98 valence electrons. The zero-order chi connectivity index (χ0) is 12.5. The Labute approximate surface area is 112 Å². The maximum absolute atomic E-state index is 10.0. The second-order valence-electron chi connectivity index (χ2n) is 5.19. The van der Waals surface area contributed by atoms with Crippen LogP contribution in [0.4, 0.5) is 0 Å². The second-order valence-corrected chi connectivity index (χ2v) is 5.63. The number of nitrogens with one attached hydrogen (secondary N) is 1. The van der Waals surface area contributed by atoms with E-state index in [1.54, 1.807) is 0 Å². The van der Waals surface area contributed by atoms with Crippen LogP contribution in [-0.2, 0) is 12.8 Å². The highest BCUT2D eigenvalue weighted by atomic mass is 35.5. The van der Waals surface area contributed by atoms with Gasteiger partial charge < -0.3 is 15.2 Å². The molecular formula is C14H18ClNO2. The average molecular weight is 268 g/mol. The lowest BCUT2D eigenvalue weighted by Crippen LogP contribution is -2.29. The molecule has 1 atom stereocenters. The summed E-state index contributed by atoms with van der Waals surface area (Å²) in [5.41, 5.74) is 2.19. The van der Waals surface area contributed by atoms with E-state index < -0.39 is 0 Å². The van der Waals surface area contributed by atoms with Gasteiger partial charge in [0.15, 0.2) is 0 Å². The number of ether oxygens (including phenoxy) is 1. The zero-order valence-corrected chi connectivity index (χ0v) is 11.0. The Balaban J connectivity index is 1.67. The van der Waals surface area contributed by atoms with Crippen molar-refractivity contribution in [2.75, 3.05) is 13.2 Å². The summed E-state index contributed by atoms with van der Waals surface area (Å²) < 4.78 is 5.63. The SMILES string of the molecule is OC(CNC1CC1)Cc1cc(Cl)cc2c1OCC2. The first-order chi connectivity index (χ1) is 8.72. The van der Waals surface area contributed by atoms with Gasteiger partial charge in [-0.15, -0.1) is 0 Å². The van der Waals surface area contributed by atoms with Crippen molar-refractivity contribution in [2.24, 2.45) is 0 Å². The van der Waals surface area contributed by atoms with E-state index in [1.807, 2.05) is 12.1 Å². The molecule has 1 unspecified atom stereocenters. The number of halogens is 1. The van der Waals surface area contributed by atoms with Gasteiger partial charge in [-0.2, -0.15) is 0 Å². The van der Waals surface area contributed by atoms with Crippen molar-refractivity contribution in [1.82, 2.24) is 5.32 Å². The van der Waals surface area contributed by atoms with E-state index in [0.717, 1.165) is 29.4 Å². The van der Waals surface area contributed by atoms with E-state index in [9.17, 15) is 5.11 Å². The van der Waals surface area contributed by atoms with E-state index in [2.05, 4.69) is 5.32 Å². The molecule has 1 heterocycles. The molecule has 1 aliphatic heterocycles. The molecule has 1 saturated carbocycles. The van der Waals surface area contributed by atoms with Gasteiger partial charge in [0, 0.05) is 30.5 Å². The molecule has 1 aromatic carbocycles. The first kappa shape index (κ1) is 12.3. The summed E-state index contributed by atoms with van der Waals surface area (Å²) in [6.45, 7) is 1.37. The molecular weight excluding hydrogens is 250 g/mol. The van der Waals surface area contributed by atoms with E-state index >= 15 is 0 Å². The molecule has 0 spiro atoms. The van der Waals surface area contributed by atoms with Crippen LogP contribution in [0.1, 0.15) is 24.0 Å². The van der Waals surface area contributed by atoms with Crippen LogP contribution in [0.2, 0.25) is 5.02 Å². The molecule has 1 fully saturated rings. The first-order valence-electron chi connectivity index (χ1n) is 6.58. The van der Waals surface area contributed by atoms with Crippen LogP contribution in [0, 0.1) is 0 Å². The van der Waals surface area contributed by atoms with Gasteiger partial charge in [0.25, 0.3) is 0 Å². The van der Waals surface area contributed by atoms with Crippen molar-refractivity contribution in [2.45, 2.75) is 37.8 Å². The second kappa shape index (κ2) is 5.08. The summed E-state index contributed by atoms with van der Waals surface area (Å²) in [7, 11) is 0. The summed E-state index contributed by atoms with van der Waals surface area (Å²) >= 11 is 6.10. The molecule has 18 heavy (non-hydrogen) atoms. The summed E-state index contributed by atoms with van der Waals surface area (Å²) in [5.74, 6) is 0.935. The maximum Gasteiger partial charge on any atom is 0.126 e. The Morgan fingerprint density at radius 2 is 2.28 bits per heavy atom. The van der Waals surface area contributed by atoms with E-state index in [0.29, 0.717) is 19.0 Å². The number of aliphatic hydroxyl groups is 1. The van der Waals surface area contributed by atoms with E-state index in [-0.39, 0.29) is 6.10 Å². The van der Waals surface area contributed by atoms with Crippen LogP contribution in [0.15, 0.2) is 12.1 Å². The van der Waals surface area contributed by atoms with Crippen molar-refractivity contribution in [1.29, 1.82) is 0 Å². The van der Waals surface area contributed by atoms with Gasteiger partial charge >= 0.3 is 0 Å². The highest BCUT2D eigenvalue weighted by Gasteiger charge is 2.23. The van der Waals surface area contributed by atoms with Gasteiger partial charge in [-0.25, -0.2) is 0 Å². The molecule has 1 aromatic rings. The Bertz CT molecular complexity index is 446. The van der Waals surface area contributed by atoms with Gasteiger partial charge in [-0.3, -0.25) is 0 Å². The van der Waals surface area contributed by atoms with E-state index in [1.165, 1.54) is 18.4 Å². The normalized spacial score (nSPS) is 19.4. The van der Waals surface area contributed by atoms with Crippen LogP contribution in [0.3, 0.4) is 0 Å². The molecule has 0 amide bonds. The number of benzene rings is 1. The molecule has 2 aliphatic rings. The molecule has 0 radical (unpaired) electrons. The predicted octanol–water partition coefficient (Wildman–Crippen LogP) is 1.93. The average Bonchev–Trinajstić information content (AvgIpc) is 3.04. The third-order valence-electron chi connectivity index (χ3n) is 3.50. The monoisotopic (exact) mass is 267 g/mol. The molecule has 4 heteroatoms. The largest absolute Gasteiger partial charge is 0.493 e. The summed E-state index contributed by atoms with van der Waals surface area (Å²) in [6, 6.07) is 4.50. The zero-order valence-electron chi connectivity index (χ0n) is 10.3. The minimum absolute atomic E-state index is 0.377. The minimum atomic E-state index is -0.377. The molecule has 2 N–H and O–H groups in total. The summed E-state index contributed by atoms with van der Waals surface area (Å²) in [4.78, 5) is 0. The number of fused-ring (bicyclic) bond motifs is 1. The van der Waals surface area contributed by atoms with Gasteiger partial charge in [-0.05, 0) is 36.1 Å². The Morgan fingerprint density at radius 1 is 1.44 bits per heavy atom. The Hall–Kier alpha value is -0.770. The lowest BCUT2D eigenvalue weighted by molar-refractivity contribution is 0.170. The van der Waals surface area contributed by atoms with Crippen LogP contribution < -0.4 is 10.1 Å². The predicted molar refractivity (Wildman–Crippen MR) is 71.4 cm³/mol. The lowest BCUT2D eigenvalue weighted by atomic mass is 10.0. The smallest absolute Gasteiger partial charge is 0.126 e. The Morgan fingerprint density at radius 3 is 3.06 bits per heavy atom. The van der Waals surface area contributed by atoms with Crippen molar-refractivity contribution < 1.29 is 9.84 Å². The molecule has 0 saturated heterocycles. The van der Waals surface area contributed by atoms with Crippen molar-refractivity contribution in [3.05, 3.63) is 28.3 Å². The molecule has 3 nitrogen and oxygen atoms in total. The standard InChI is InChI=1S/C14H18ClNO2/c15-11-5-9-3-4-18-14(9)10(6-11)7-13(17)8-16-12-1-2-12/h5-6,12-13,16-17H,1-4,7-8H2. The summed E-state index contributed by atoms with van der Waals surface area (Å²) in [6.07, 6.45) is 3.62. The maximum atomic E-state index is 10.0. The van der Waals surface area contributed by atoms with Crippen molar-refractivity contribution in [3.63, 3.8) is 0 Å². The third kappa shape index (κ3) is 2.79. The molecule has 0 aromatic heterocycles. The lowest BCUT2D eigenvalue weighted by Gasteiger charge is -2.14. The molecule has 0 bridgehead atoms. The topological polar surface area (TPSA) is 41.5 Å². The van der Waals surface area contributed by atoms with Crippen LogP contribution >= 0.6 is 11.6 Å². The summed E-state index contributed by atoms with van der Waals surface area (Å²) in [5, 5.41) is 14.1. The van der Waals surface area contributed by atoms with Crippen LogP contribution in [0.25, 0.3) is 0 Å². The van der Waals surface area contributed by atoms with Crippen molar-refractivity contribution >= 4 is 11.6 Å².